The summed E-state index contributed by atoms with van der Waals surface area (Å²) in [6, 6.07) is 13.2. The molecule has 0 aliphatic rings. The quantitative estimate of drug-likeness (QED) is 0.845. The van der Waals surface area contributed by atoms with Crippen LogP contribution in [0.3, 0.4) is 0 Å². The molecule has 20 heavy (non-hydrogen) atoms. The number of phenols is 1. The molecular formula is C17H19BO2. The van der Waals surface area contributed by atoms with Gasteiger partial charge in [0.25, 0.3) is 0 Å². The molecule has 2 aromatic carbocycles. The fourth-order valence-electron chi connectivity index (χ4n) is 1.95. The Morgan fingerprint density at radius 3 is 2.30 bits per heavy atom. The van der Waals surface area contributed by atoms with Crippen LogP contribution >= 0.6 is 0 Å². The molecule has 0 amide bonds. The average Bonchev–Trinajstić information content (AvgIpc) is 2.41. The molecule has 0 heterocycles. The lowest BCUT2D eigenvalue weighted by Gasteiger charge is -2.22. The Morgan fingerprint density at radius 1 is 1.10 bits per heavy atom. The predicted molar refractivity (Wildman–Crippen MR) is 82.8 cm³/mol. The van der Waals surface area contributed by atoms with Crippen LogP contribution in [0.15, 0.2) is 42.5 Å². The van der Waals surface area contributed by atoms with Crippen LogP contribution in [0.4, 0.5) is 0 Å². The number of hydrogen-bond donors (Lipinski definition) is 1. The van der Waals surface area contributed by atoms with Crippen molar-refractivity contribution in [2.45, 2.75) is 32.5 Å². The zero-order valence-corrected chi connectivity index (χ0v) is 12.2. The Balaban J connectivity index is 2.46. The fourth-order valence-corrected chi connectivity index (χ4v) is 1.95. The Morgan fingerprint density at radius 2 is 1.75 bits per heavy atom. The van der Waals surface area contributed by atoms with Gasteiger partial charge >= 0.3 is 0 Å². The smallest absolute Gasteiger partial charge is 0.169 e. The highest BCUT2D eigenvalue weighted by atomic mass is 16.5. The van der Waals surface area contributed by atoms with Crippen LogP contribution in [0, 0.1) is 0 Å². The molecule has 3 heteroatoms. The summed E-state index contributed by atoms with van der Waals surface area (Å²) in [7, 11) is 5.71. The van der Waals surface area contributed by atoms with Crippen molar-refractivity contribution in [3.05, 3.63) is 53.6 Å². The molecule has 2 rings (SSSR count). The van der Waals surface area contributed by atoms with E-state index in [1.54, 1.807) is 0 Å². The van der Waals surface area contributed by atoms with E-state index < -0.39 is 0 Å². The minimum atomic E-state index is -0.0353. The van der Waals surface area contributed by atoms with Crippen LogP contribution < -0.4 is 4.74 Å². The van der Waals surface area contributed by atoms with E-state index in [9.17, 15) is 5.11 Å². The van der Waals surface area contributed by atoms with Crippen LogP contribution in [-0.4, -0.2) is 13.0 Å². The van der Waals surface area contributed by atoms with Crippen molar-refractivity contribution < 1.29 is 9.84 Å². The molecular weight excluding hydrogens is 247 g/mol. The molecule has 0 aliphatic heterocycles. The normalized spacial score (nSPS) is 11.3. The molecule has 0 saturated heterocycles. The van der Waals surface area contributed by atoms with Gasteiger partial charge in [0.2, 0.25) is 0 Å². The first-order chi connectivity index (χ1) is 9.41. The molecule has 0 fully saturated rings. The van der Waals surface area contributed by atoms with Gasteiger partial charge in [-0.05, 0) is 34.7 Å². The van der Waals surface area contributed by atoms with E-state index in [2.05, 4.69) is 20.8 Å². The number of ether oxygens (including phenoxy) is 1. The van der Waals surface area contributed by atoms with Gasteiger partial charge in [-0.25, -0.2) is 0 Å². The highest BCUT2D eigenvalue weighted by molar-refractivity contribution is 6.08. The maximum atomic E-state index is 10.2. The summed E-state index contributed by atoms with van der Waals surface area (Å²) in [5.41, 5.74) is 1.75. The van der Waals surface area contributed by atoms with Gasteiger partial charge in [0.15, 0.2) is 11.5 Å². The van der Waals surface area contributed by atoms with E-state index in [1.165, 1.54) is 0 Å². The van der Waals surface area contributed by atoms with E-state index in [0.29, 0.717) is 17.1 Å². The molecule has 0 aromatic heterocycles. The van der Waals surface area contributed by atoms with Crippen LogP contribution in [0.5, 0.6) is 17.2 Å². The summed E-state index contributed by atoms with van der Waals surface area (Å²) in [6.45, 7) is 6.35. The third-order valence-electron chi connectivity index (χ3n) is 3.21. The van der Waals surface area contributed by atoms with E-state index in [1.807, 2.05) is 42.5 Å². The Hall–Kier alpha value is -1.90. The second kappa shape index (κ2) is 5.62. The molecule has 102 valence electrons. The van der Waals surface area contributed by atoms with Crippen molar-refractivity contribution in [3.63, 3.8) is 0 Å². The SMILES string of the molecule is [B]Cc1cc(C(C)(C)C)cc(Oc2ccccc2)c1O. The van der Waals surface area contributed by atoms with Crippen molar-refractivity contribution in [1.29, 1.82) is 0 Å². The molecule has 2 nitrogen and oxygen atoms in total. The van der Waals surface area contributed by atoms with Gasteiger partial charge in [-0.2, -0.15) is 0 Å². The second-order valence-corrected chi connectivity index (χ2v) is 5.85. The third kappa shape index (κ3) is 3.16. The average molecular weight is 266 g/mol. The number of para-hydroxylation sites is 1. The van der Waals surface area contributed by atoms with Gasteiger partial charge in [0.05, 0.1) is 7.85 Å². The van der Waals surface area contributed by atoms with Gasteiger partial charge in [-0.15, -0.1) is 0 Å². The maximum absolute atomic E-state index is 10.2. The Bertz CT molecular complexity index is 586. The van der Waals surface area contributed by atoms with E-state index >= 15 is 0 Å². The fraction of sp³-hybridized carbons (Fsp3) is 0.294. The molecule has 2 aromatic rings. The van der Waals surface area contributed by atoms with Crippen LogP contribution in [0.2, 0.25) is 0 Å². The predicted octanol–water partition coefficient (Wildman–Crippen LogP) is 4.15. The van der Waals surface area contributed by atoms with Gasteiger partial charge in [0.1, 0.15) is 5.75 Å². The summed E-state index contributed by atoms with van der Waals surface area (Å²) in [6.07, 6.45) is 0.279. The van der Waals surface area contributed by atoms with Crippen LogP contribution in [0.1, 0.15) is 31.9 Å². The third-order valence-corrected chi connectivity index (χ3v) is 3.21. The topological polar surface area (TPSA) is 29.5 Å². The lowest BCUT2D eigenvalue weighted by atomic mass is 9.84. The van der Waals surface area contributed by atoms with E-state index in [4.69, 9.17) is 12.6 Å². The summed E-state index contributed by atoms with van der Waals surface area (Å²) in [5, 5.41) is 10.2. The molecule has 2 radical (unpaired) electrons. The zero-order valence-electron chi connectivity index (χ0n) is 12.2. The van der Waals surface area contributed by atoms with E-state index in [-0.39, 0.29) is 17.5 Å². The van der Waals surface area contributed by atoms with Crippen LogP contribution in [-0.2, 0) is 11.7 Å². The number of phenolic OH excluding ortho intramolecular Hbond substituents is 1. The molecule has 0 spiro atoms. The van der Waals surface area contributed by atoms with Gasteiger partial charge in [-0.1, -0.05) is 51.4 Å². The Labute approximate surface area is 121 Å². The van der Waals surface area contributed by atoms with Gasteiger partial charge < -0.3 is 9.84 Å². The summed E-state index contributed by atoms with van der Waals surface area (Å²) < 4.78 is 5.78. The number of aromatic hydroxyl groups is 1. The van der Waals surface area contributed by atoms with Crippen LogP contribution in [0.25, 0.3) is 0 Å². The van der Waals surface area contributed by atoms with Gasteiger partial charge in [0, 0.05) is 0 Å². The molecule has 1 N–H and O–H groups in total. The molecule has 0 atom stereocenters. The first-order valence-electron chi connectivity index (χ1n) is 6.71. The van der Waals surface area contributed by atoms with E-state index in [0.717, 1.165) is 5.56 Å². The van der Waals surface area contributed by atoms with Crippen molar-refractivity contribution in [1.82, 2.24) is 0 Å². The zero-order chi connectivity index (χ0) is 14.8. The van der Waals surface area contributed by atoms with Crippen molar-refractivity contribution in [2.75, 3.05) is 0 Å². The molecule has 0 saturated carbocycles. The van der Waals surface area contributed by atoms with Crippen molar-refractivity contribution >= 4 is 7.85 Å². The maximum Gasteiger partial charge on any atom is 0.169 e. The first kappa shape index (κ1) is 14.5. The summed E-state index contributed by atoms with van der Waals surface area (Å²) >= 11 is 0. The number of rotatable bonds is 3. The second-order valence-electron chi connectivity index (χ2n) is 5.85. The minimum absolute atomic E-state index is 0.0353. The highest BCUT2D eigenvalue weighted by Crippen LogP contribution is 2.38. The Kier molecular flexibility index (Phi) is 4.08. The molecule has 0 bridgehead atoms. The summed E-state index contributed by atoms with van der Waals surface area (Å²) in [5.74, 6) is 1.25. The molecule has 0 aliphatic carbocycles. The number of hydrogen-bond acceptors (Lipinski definition) is 2. The first-order valence-corrected chi connectivity index (χ1v) is 6.71. The number of benzene rings is 2. The summed E-state index contributed by atoms with van der Waals surface area (Å²) in [4.78, 5) is 0. The highest BCUT2D eigenvalue weighted by Gasteiger charge is 2.19. The standard InChI is InChI=1S/C17H19BO2/c1-17(2,3)13-9-12(11-18)16(19)15(10-13)20-14-7-5-4-6-8-14/h4-10,19H,11H2,1-3H3. The van der Waals surface area contributed by atoms with Gasteiger partial charge in [-0.3, -0.25) is 0 Å². The van der Waals surface area contributed by atoms with Crippen molar-refractivity contribution in [3.8, 4) is 17.2 Å². The van der Waals surface area contributed by atoms with Crippen molar-refractivity contribution in [2.24, 2.45) is 0 Å². The monoisotopic (exact) mass is 266 g/mol. The lowest BCUT2D eigenvalue weighted by molar-refractivity contribution is 0.406. The largest absolute Gasteiger partial charge is 0.504 e. The lowest BCUT2D eigenvalue weighted by Crippen LogP contribution is -2.12. The molecule has 0 unspecified atom stereocenters. The minimum Gasteiger partial charge on any atom is -0.504 e.